The van der Waals surface area contributed by atoms with Crippen LogP contribution in [0.3, 0.4) is 0 Å². The molecule has 0 fully saturated rings. The smallest absolute Gasteiger partial charge is 0.435 e. The summed E-state index contributed by atoms with van der Waals surface area (Å²) in [6.45, 7) is 0.534. The number of halogens is 4. The number of thiazole rings is 1. The van der Waals surface area contributed by atoms with E-state index in [9.17, 15) is 18.0 Å². The molecule has 4 nitrogen and oxygen atoms in total. The number of carboxylic acids is 1. The highest BCUT2D eigenvalue weighted by Gasteiger charge is 2.39. The summed E-state index contributed by atoms with van der Waals surface area (Å²) in [7, 11) is 0. The highest BCUT2D eigenvalue weighted by atomic mass is 35.5. The Labute approximate surface area is 118 Å². The Hall–Kier alpha value is -0.860. The van der Waals surface area contributed by atoms with Gasteiger partial charge in [-0.3, -0.25) is 0 Å². The number of hydrogen-bond donors (Lipinski definition) is 2. The molecule has 0 aliphatic heterocycles. The molecule has 0 spiro atoms. The predicted molar refractivity (Wildman–Crippen MR) is 67.9 cm³/mol. The van der Waals surface area contributed by atoms with Crippen LogP contribution in [-0.2, 0) is 12.6 Å². The van der Waals surface area contributed by atoms with Gasteiger partial charge in [-0.2, -0.15) is 13.2 Å². The van der Waals surface area contributed by atoms with Crippen LogP contribution in [0.2, 0.25) is 0 Å². The number of rotatable bonds is 6. The van der Waals surface area contributed by atoms with Crippen LogP contribution < -0.4 is 5.73 Å². The average Bonchev–Trinajstić information content (AvgIpc) is 2.68. The zero-order chi connectivity index (χ0) is 13.8. The van der Waals surface area contributed by atoms with Gasteiger partial charge < -0.3 is 10.8 Å². The molecule has 9 heteroatoms. The van der Waals surface area contributed by atoms with Crippen molar-refractivity contribution in [2.24, 2.45) is 5.73 Å². The van der Waals surface area contributed by atoms with Crippen molar-refractivity contribution in [2.45, 2.75) is 31.9 Å². The number of aromatic carboxylic acids is 1. The minimum Gasteiger partial charge on any atom is -0.477 e. The second kappa shape index (κ2) is 7.66. The summed E-state index contributed by atoms with van der Waals surface area (Å²) >= 11 is 0.591. The molecule has 1 rings (SSSR count). The van der Waals surface area contributed by atoms with Crippen molar-refractivity contribution in [1.82, 2.24) is 4.98 Å². The fraction of sp³-hybridized carbons (Fsp3) is 0.600. The molecule has 19 heavy (non-hydrogen) atoms. The van der Waals surface area contributed by atoms with E-state index in [4.69, 9.17) is 10.8 Å². The summed E-state index contributed by atoms with van der Waals surface area (Å²) in [6, 6.07) is 0. The summed E-state index contributed by atoms with van der Waals surface area (Å²) in [5.74, 6) is -1.59. The normalized spacial score (nSPS) is 11.2. The summed E-state index contributed by atoms with van der Waals surface area (Å²) in [5.41, 5.74) is 4.00. The molecule has 0 atom stereocenters. The number of nitrogens with two attached hydrogens (primary N) is 1. The Kier molecular flexibility index (Phi) is 7.32. The fourth-order valence-corrected chi connectivity index (χ4v) is 2.37. The maximum Gasteiger partial charge on any atom is 0.435 e. The highest BCUT2D eigenvalue weighted by Crippen LogP contribution is 2.34. The van der Waals surface area contributed by atoms with Gasteiger partial charge in [0.15, 0.2) is 5.69 Å². The minimum atomic E-state index is -4.72. The Morgan fingerprint density at radius 1 is 1.32 bits per heavy atom. The second-order valence-electron chi connectivity index (χ2n) is 3.69. The molecule has 0 bridgehead atoms. The Balaban J connectivity index is 0.00000324. The maximum absolute atomic E-state index is 12.5. The number of carboxylic acid groups (broad SMARTS) is 1. The van der Waals surface area contributed by atoms with Gasteiger partial charge in [-0.25, -0.2) is 9.78 Å². The van der Waals surface area contributed by atoms with Gasteiger partial charge >= 0.3 is 12.1 Å². The molecule has 0 aromatic carbocycles. The third kappa shape index (κ3) is 5.33. The number of unbranched alkanes of at least 4 members (excludes halogenated alkanes) is 2. The number of carbonyl (C=O) groups is 1. The van der Waals surface area contributed by atoms with E-state index in [1.165, 1.54) is 0 Å². The standard InChI is InChI=1S/C10H13F3N2O2S.ClH/c11-10(12,13)8-7(9(16)17)18-6(15-8)4-2-1-3-5-14;/h1-5,14H2,(H,16,17);1H. The first-order valence-corrected chi connectivity index (χ1v) is 6.18. The van der Waals surface area contributed by atoms with Gasteiger partial charge in [0.25, 0.3) is 0 Å². The van der Waals surface area contributed by atoms with E-state index < -0.39 is 22.7 Å². The van der Waals surface area contributed by atoms with E-state index in [0.717, 1.165) is 12.8 Å². The van der Waals surface area contributed by atoms with Crippen LogP contribution >= 0.6 is 23.7 Å². The SMILES string of the molecule is Cl.NCCCCCc1nc(C(F)(F)F)c(C(=O)O)s1. The second-order valence-corrected chi connectivity index (χ2v) is 4.77. The molecule has 0 radical (unpaired) electrons. The zero-order valence-electron chi connectivity index (χ0n) is 9.87. The van der Waals surface area contributed by atoms with Gasteiger partial charge in [0.1, 0.15) is 4.88 Å². The van der Waals surface area contributed by atoms with Gasteiger partial charge in [0, 0.05) is 0 Å². The molecular weight excluding hydrogens is 305 g/mol. The van der Waals surface area contributed by atoms with Crippen LogP contribution in [0.25, 0.3) is 0 Å². The zero-order valence-corrected chi connectivity index (χ0v) is 11.5. The maximum atomic E-state index is 12.5. The Morgan fingerprint density at radius 2 is 1.95 bits per heavy atom. The van der Waals surface area contributed by atoms with Crippen LogP contribution in [0.15, 0.2) is 0 Å². The van der Waals surface area contributed by atoms with Crippen molar-refractivity contribution < 1.29 is 23.1 Å². The number of aryl methyl sites for hydroxylation is 1. The lowest BCUT2D eigenvalue weighted by molar-refractivity contribution is -0.141. The molecule has 0 amide bonds. The molecule has 0 saturated carbocycles. The van der Waals surface area contributed by atoms with Gasteiger partial charge in [0.05, 0.1) is 5.01 Å². The molecule has 110 valence electrons. The summed E-state index contributed by atoms with van der Waals surface area (Å²) < 4.78 is 37.6. The van der Waals surface area contributed by atoms with Gasteiger partial charge in [-0.1, -0.05) is 6.42 Å². The molecule has 0 aliphatic rings. The van der Waals surface area contributed by atoms with Crippen LogP contribution in [0.5, 0.6) is 0 Å². The third-order valence-electron chi connectivity index (χ3n) is 2.23. The van der Waals surface area contributed by atoms with E-state index in [1.54, 1.807) is 0 Å². The van der Waals surface area contributed by atoms with Crippen molar-refractivity contribution in [3.8, 4) is 0 Å². The van der Waals surface area contributed by atoms with Crippen molar-refractivity contribution in [1.29, 1.82) is 0 Å². The van der Waals surface area contributed by atoms with Crippen LogP contribution in [-0.4, -0.2) is 22.6 Å². The largest absolute Gasteiger partial charge is 0.477 e. The molecule has 0 unspecified atom stereocenters. The van der Waals surface area contributed by atoms with E-state index >= 15 is 0 Å². The molecule has 1 heterocycles. The van der Waals surface area contributed by atoms with Gasteiger partial charge in [0.2, 0.25) is 0 Å². The molecule has 0 saturated heterocycles. The first kappa shape index (κ1) is 18.1. The van der Waals surface area contributed by atoms with Crippen molar-refractivity contribution in [3.05, 3.63) is 15.6 Å². The molecule has 0 aliphatic carbocycles. The van der Waals surface area contributed by atoms with Crippen molar-refractivity contribution in [2.75, 3.05) is 6.54 Å². The quantitative estimate of drug-likeness (QED) is 0.791. The summed E-state index contributed by atoms with van der Waals surface area (Å²) in [6.07, 6.45) is -2.13. The first-order valence-electron chi connectivity index (χ1n) is 5.36. The molecule has 1 aromatic rings. The number of hydrogen-bond acceptors (Lipinski definition) is 4. The van der Waals surface area contributed by atoms with E-state index in [2.05, 4.69) is 4.98 Å². The minimum absolute atomic E-state index is 0. The van der Waals surface area contributed by atoms with E-state index in [1.807, 2.05) is 0 Å². The van der Waals surface area contributed by atoms with Crippen LogP contribution in [0, 0.1) is 0 Å². The Bertz CT molecular complexity index is 423. The van der Waals surface area contributed by atoms with E-state index in [0.29, 0.717) is 30.7 Å². The van der Waals surface area contributed by atoms with Gasteiger partial charge in [-0.15, -0.1) is 23.7 Å². The molecule has 1 aromatic heterocycles. The van der Waals surface area contributed by atoms with E-state index in [-0.39, 0.29) is 17.4 Å². The monoisotopic (exact) mass is 318 g/mol. The van der Waals surface area contributed by atoms with Crippen LogP contribution in [0.1, 0.15) is 39.6 Å². The summed E-state index contributed by atoms with van der Waals surface area (Å²) in [4.78, 5) is 13.4. The lowest BCUT2D eigenvalue weighted by Gasteiger charge is -2.02. The number of nitrogens with zero attached hydrogens (tertiary/aromatic N) is 1. The lowest BCUT2D eigenvalue weighted by Crippen LogP contribution is -2.11. The molecule has 3 N–H and O–H groups in total. The summed E-state index contributed by atoms with van der Waals surface area (Å²) in [5, 5.41) is 8.91. The topological polar surface area (TPSA) is 76.2 Å². The first-order chi connectivity index (χ1) is 8.36. The fourth-order valence-electron chi connectivity index (χ4n) is 1.41. The highest BCUT2D eigenvalue weighted by molar-refractivity contribution is 7.13. The Morgan fingerprint density at radius 3 is 2.37 bits per heavy atom. The third-order valence-corrected chi connectivity index (χ3v) is 3.33. The number of alkyl halides is 3. The average molecular weight is 319 g/mol. The van der Waals surface area contributed by atoms with Gasteiger partial charge in [-0.05, 0) is 25.8 Å². The van der Waals surface area contributed by atoms with Crippen molar-refractivity contribution >= 4 is 29.7 Å². The predicted octanol–water partition coefficient (Wildman–Crippen LogP) is 2.95. The van der Waals surface area contributed by atoms with Crippen molar-refractivity contribution in [3.63, 3.8) is 0 Å². The number of aromatic nitrogens is 1. The lowest BCUT2D eigenvalue weighted by atomic mass is 10.2. The van der Waals surface area contributed by atoms with Crippen LogP contribution in [0.4, 0.5) is 13.2 Å². The molecular formula is C10H14ClF3N2O2S.